The van der Waals surface area contributed by atoms with Gasteiger partial charge < -0.3 is 14.8 Å². The van der Waals surface area contributed by atoms with Crippen molar-refractivity contribution in [1.82, 2.24) is 19.0 Å². The first kappa shape index (κ1) is 20.9. The van der Waals surface area contributed by atoms with E-state index in [1.165, 1.54) is 12.2 Å². The molecule has 2 aromatic rings. The average molecular weight is 414 g/mol. The molecule has 10 nitrogen and oxygen atoms in total. The van der Waals surface area contributed by atoms with Crippen molar-refractivity contribution < 1.29 is 14.3 Å². The second-order valence-corrected chi connectivity index (χ2v) is 6.53. The largest absolute Gasteiger partial charge is 0.486 e. The van der Waals surface area contributed by atoms with Crippen LogP contribution in [0, 0.1) is 0 Å². The number of fused-ring (bicyclic) bond motifs is 1. The quantitative estimate of drug-likeness (QED) is 0.583. The summed E-state index contributed by atoms with van der Waals surface area (Å²) in [5.74, 6) is 0.618. The third-order valence-corrected chi connectivity index (χ3v) is 4.40. The summed E-state index contributed by atoms with van der Waals surface area (Å²) in [6.45, 7) is 6.64. The van der Waals surface area contributed by atoms with Gasteiger partial charge in [0.15, 0.2) is 11.5 Å². The van der Waals surface area contributed by atoms with Crippen LogP contribution < -0.4 is 31.9 Å². The maximum atomic E-state index is 12.6. The van der Waals surface area contributed by atoms with Crippen LogP contribution in [-0.2, 0) is 24.4 Å². The van der Waals surface area contributed by atoms with E-state index < -0.39 is 35.6 Å². The van der Waals surface area contributed by atoms with Crippen LogP contribution in [-0.4, -0.2) is 38.9 Å². The van der Waals surface area contributed by atoms with Crippen LogP contribution >= 0.6 is 0 Å². The Morgan fingerprint density at radius 1 is 1.00 bits per heavy atom. The van der Waals surface area contributed by atoms with Crippen molar-refractivity contribution in [1.29, 1.82) is 0 Å². The number of allylic oxidation sites excluding steroid dienone is 2. The average Bonchev–Trinajstić information content (AvgIpc) is 2.75. The summed E-state index contributed by atoms with van der Waals surface area (Å²) in [4.78, 5) is 49.8. The minimum atomic E-state index is -0.883. The molecule has 10 heteroatoms. The lowest BCUT2D eigenvalue weighted by molar-refractivity contribution is -0.122. The number of carbonyl (C=O) groups excluding carboxylic acids is 1. The van der Waals surface area contributed by atoms with Gasteiger partial charge in [0.05, 0.1) is 19.6 Å². The minimum Gasteiger partial charge on any atom is -0.486 e. The van der Waals surface area contributed by atoms with Gasteiger partial charge in [-0.15, -0.1) is 13.2 Å². The number of rotatable bonds is 8. The Hall–Kier alpha value is -3.82. The van der Waals surface area contributed by atoms with Gasteiger partial charge in [0, 0.05) is 0 Å². The van der Waals surface area contributed by atoms with E-state index in [0.29, 0.717) is 16.1 Å². The van der Waals surface area contributed by atoms with Crippen LogP contribution in [0.15, 0.2) is 64.0 Å². The van der Waals surface area contributed by atoms with E-state index in [0.717, 1.165) is 9.13 Å². The zero-order valence-electron chi connectivity index (χ0n) is 16.3. The smallest absolute Gasteiger partial charge is 0.337 e. The van der Waals surface area contributed by atoms with E-state index in [-0.39, 0.29) is 26.2 Å². The lowest BCUT2D eigenvalue weighted by Gasteiger charge is -2.26. The van der Waals surface area contributed by atoms with Gasteiger partial charge >= 0.3 is 17.1 Å². The fraction of sp³-hybridized carbons (Fsp3) is 0.300. The fourth-order valence-corrected chi connectivity index (χ4v) is 2.98. The highest BCUT2D eigenvalue weighted by molar-refractivity contribution is 5.75. The van der Waals surface area contributed by atoms with E-state index >= 15 is 0 Å². The first-order valence-corrected chi connectivity index (χ1v) is 9.27. The van der Waals surface area contributed by atoms with Gasteiger partial charge in [-0.3, -0.25) is 4.79 Å². The molecule has 0 saturated carbocycles. The van der Waals surface area contributed by atoms with E-state index in [4.69, 9.17) is 9.47 Å². The molecule has 1 amide bonds. The van der Waals surface area contributed by atoms with E-state index in [9.17, 15) is 19.2 Å². The molecule has 3 rings (SSSR count). The van der Waals surface area contributed by atoms with Gasteiger partial charge in [-0.2, -0.15) is 0 Å². The molecular weight excluding hydrogens is 392 g/mol. The Labute approximate surface area is 171 Å². The molecule has 1 atom stereocenters. The molecule has 1 N–H and O–H groups in total. The number of benzene rings is 1. The normalized spacial score (nSPS) is 14.7. The first-order chi connectivity index (χ1) is 14.5. The SMILES string of the molecule is C=CCn1c(=O)n(CC=C)c(=O)n(CC(=O)NC[C@@H]2COc3ccccc3O2)c1=O. The molecule has 1 aromatic heterocycles. The number of carbonyl (C=O) groups is 1. The number of nitrogens with zero attached hydrogens (tertiary/aromatic N) is 3. The van der Waals surface area contributed by atoms with Gasteiger partial charge in [-0.25, -0.2) is 28.1 Å². The zero-order valence-corrected chi connectivity index (χ0v) is 16.3. The highest BCUT2D eigenvalue weighted by Gasteiger charge is 2.22. The van der Waals surface area contributed by atoms with Crippen molar-refractivity contribution in [2.45, 2.75) is 25.7 Å². The Morgan fingerprint density at radius 2 is 1.57 bits per heavy atom. The summed E-state index contributed by atoms with van der Waals surface area (Å²) in [5, 5.41) is 2.62. The van der Waals surface area contributed by atoms with Gasteiger partial charge in [0.25, 0.3) is 0 Å². The summed E-state index contributed by atoms with van der Waals surface area (Å²) >= 11 is 0. The van der Waals surface area contributed by atoms with E-state index in [2.05, 4.69) is 18.5 Å². The number of hydrogen-bond acceptors (Lipinski definition) is 6. The lowest BCUT2D eigenvalue weighted by atomic mass is 10.2. The Kier molecular flexibility index (Phi) is 6.35. The highest BCUT2D eigenvalue weighted by Crippen LogP contribution is 2.30. The van der Waals surface area contributed by atoms with Crippen molar-refractivity contribution in [3.63, 3.8) is 0 Å². The molecule has 0 fully saturated rings. The van der Waals surface area contributed by atoms with E-state index in [1.54, 1.807) is 12.1 Å². The number of para-hydroxylation sites is 2. The predicted octanol–water partition coefficient (Wildman–Crippen LogP) is -0.500. The van der Waals surface area contributed by atoms with Crippen molar-refractivity contribution >= 4 is 5.91 Å². The minimum absolute atomic E-state index is 0.0939. The van der Waals surface area contributed by atoms with Crippen molar-refractivity contribution in [3.8, 4) is 11.5 Å². The monoisotopic (exact) mass is 414 g/mol. The van der Waals surface area contributed by atoms with Crippen LogP contribution in [0.2, 0.25) is 0 Å². The second-order valence-electron chi connectivity index (χ2n) is 6.53. The number of aromatic nitrogens is 3. The van der Waals surface area contributed by atoms with Gasteiger partial charge in [0.2, 0.25) is 5.91 Å². The highest BCUT2D eigenvalue weighted by atomic mass is 16.6. The molecule has 0 unspecified atom stereocenters. The molecule has 1 aliphatic rings. The number of amides is 1. The van der Waals surface area contributed by atoms with Gasteiger partial charge in [0.1, 0.15) is 19.3 Å². The molecule has 1 aromatic carbocycles. The van der Waals surface area contributed by atoms with Crippen LogP contribution in [0.1, 0.15) is 0 Å². The molecule has 0 spiro atoms. The van der Waals surface area contributed by atoms with Crippen LogP contribution in [0.5, 0.6) is 11.5 Å². The Morgan fingerprint density at radius 3 is 2.17 bits per heavy atom. The Bertz CT molecular complexity index is 1090. The molecule has 0 bridgehead atoms. The second kappa shape index (κ2) is 9.12. The summed E-state index contributed by atoms with van der Waals surface area (Å²) in [5.41, 5.74) is -2.55. The fourth-order valence-electron chi connectivity index (χ4n) is 2.98. The van der Waals surface area contributed by atoms with Gasteiger partial charge in [-0.1, -0.05) is 24.3 Å². The van der Waals surface area contributed by atoms with Crippen molar-refractivity contribution in [2.75, 3.05) is 13.2 Å². The summed E-state index contributed by atoms with van der Waals surface area (Å²) < 4.78 is 13.7. The van der Waals surface area contributed by atoms with Crippen LogP contribution in [0.3, 0.4) is 0 Å². The van der Waals surface area contributed by atoms with Crippen molar-refractivity contribution in [2.24, 2.45) is 0 Å². The number of hydrogen-bond donors (Lipinski definition) is 1. The molecule has 0 radical (unpaired) electrons. The third kappa shape index (κ3) is 4.27. The summed E-state index contributed by atoms with van der Waals surface area (Å²) in [6, 6.07) is 7.17. The summed E-state index contributed by atoms with van der Waals surface area (Å²) in [6.07, 6.45) is 2.29. The number of ether oxygens (including phenoxy) is 2. The summed E-state index contributed by atoms with van der Waals surface area (Å²) in [7, 11) is 0. The van der Waals surface area contributed by atoms with E-state index in [1.807, 2.05) is 12.1 Å². The molecule has 1 aliphatic heterocycles. The van der Waals surface area contributed by atoms with Crippen molar-refractivity contribution in [3.05, 3.63) is 81.0 Å². The maximum Gasteiger partial charge on any atom is 0.337 e. The molecule has 30 heavy (non-hydrogen) atoms. The molecule has 158 valence electrons. The number of nitrogens with one attached hydrogen (secondary N) is 1. The predicted molar refractivity (Wildman–Crippen MR) is 109 cm³/mol. The molecule has 0 saturated heterocycles. The molecule has 0 aliphatic carbocycles. The third-order valence-electron chi connectivity index (χ3n) is 4.40. The Balaban J connectivity index is 1.74. The maximum absolute atomic E-state index is 12.6. The van der Waals surface area contributed by atoms with Gasteiger partial charge in [-0.05, 0) is 12.1 Å². The lowest BCUT2D eigenvalue weighted by Crippen LogP contribution is -2.55. The molecular formula is C20H22N4O6. The standard InChI is InChI=1S/C20H22N4O6/c1-3-9-22-18(26)23(10-4-2)20(28)24(19(22)27)12-17(25)21-11-14-13-29-15-7-5-6-8-16(15)30-14/h3-8,14H,1-2,9-13H2,(H,21,25)/t14-/m1/s1. The first-order valence-electron chi connectivity index (χ1n) is 9.27. The van der Waals surface area contributed by atoms with Crippen LogP contribution in [0.25, 0.3) is 0 Å². The topological polar surface area (TPSA) is 114 Å². The van der Waals surface area contributed by atoms with Crippen LogP contribution in [0.4, 0.5) is 0 Å². The zero-order chi connectivity index (χ0) is 21.7. The molecule has 2 heterocycles.